The lowest BCUT2D eigenvalue weighted by Gasteiger charge is -2.22. The van der Waals surface area contributed by atoms with Crippen molar-refractivity contribution in [3.8, 4) is 0 Å². The van der Waals surface area contributed by atoms with Crippen LogP contribution in [0.1, 0.15) is 37.5 Å². The van der Waals surface area contributed by atoms with Gasteiger partial charge in [-0.15, -0.1) is 0 Å². The fraction of sp³-hybridized carbons (Fsp3) is 0.571. The van der Waals surface area contributed by atoms with Gasteiger partial charge in [-0.05, 0) is 31.9 Å². The molecule has 0 aliphatic carbocycles. The molecule has 1 aliphatic rings. The van der Waals surface area contributed by atoms with Crippen LogP contribution in [0.15, 0.2) is 24.3 Å². The summed E-state index contributed by atoms with van der Waals surface area (Å²) in [7, 11) is 0. The molecule has 1 heterocycles. The Kier molecular flexibility index (Phi) is 4.16. The Hall–Kier alpha value is -1.07. The van der Waals surface area contributed by atoms with Crippen LogP contribution in [-0.2, 0) is 10.9 Å². The van der Waals surface area contributed by atoms with Gasteiger partial charge in [0.1, 0.15) is 0 Å². The molecule has 0 spiro atoms. The lowest BCUT2D eigenvalue weighted by Crippen LogP contribution is -2.28. The summed E-state index contributed by atoms with van der Waals surface area (Å²) in [5, 5.41) is 3.21. The number of rotatable bonds is 1. The van der Waals surface area contributed by atoms with Gasteiger partial charge >= 0.3 is 6.18 Å². The molecule has 3 unspecified atom stereocenters. The molecule has 1 aliphatic heterocycles. The Balaban J connectivity index is 2.31. The second-order valence-electron chi connectivity index (χ2n) is 5.07. The van der Waals surface area contributed by atoms with Gasteiger partial charge < -0.3 is 10.1 Å². The van der Waals surface area contributed by atoms with Gasteiger partial charge in [0, 0.05) is 12.6 Å². The lowest BCUT2D eigenvalue weighted by atomic mass is 10.0. The molecule has 2 rings (SSSR count). The standard InChI is InChI=1S/C14H18F3NO/c1-9-7-10(2)19-13(8-18-9)11-5-3-4-6-12(11)14(15,16)17/h3-6,9-10,13,18H,7-8H2,1-2H3. The first-order valence-electron chi connectivity index (χ1n) is 6.43. The predicted molar refractivity (Wildman–Crippen MR) is 66.8 cm³/mol. The molecular weight excluding hydrogens is 255 g/mol. The van der Waals surface area contributed by atoms with Crippen LogP contribution in [-0.4, -0.2) is 18.7 Å². The van der Waals surface area contributed by atoms with E-state index >= 15 is 0 Å². The number of nitrogens with one attached hydrogen (secondary N) is 1. The Labute approximate surface area is 111 Å². The molecule has 1 aromatic rings. The van der Waals surface area contributed by atoms with E-state index < -0.39 is 17.8 Å². The maximum absolute atomic E-state index is 13.0. The minimum atomic E-state index is -4.35. The largest absolute Gasteiger partial charge is 0.416 e. The first-order chi connectivity index (χ1) is 8.88. The summed E-state index contributed by atoms with van der Waals surface area (Å²) in [6.07, 6.45) is -4.17. The summed E-state index contributed by atoms with van der Waals surface area (Å²) in [6.45, 7) is 4.31. The zero-order chi connectivity index (χ0) is 14.0. The summed E-state index contributed by atoms with van der Waals surface area (Å²) in [6, 6.07) is 5.88. The SMILES string of the molecule is CC1CC(C)OC(c2ccccc2C(F)(F)F)CN1. The number of halogens is 3. The van der Waals surface area contributed by atoms with Crippen molar-refractivity contribution in [3.05, 3.63) is 35.4 Å². The van der Waals surface area contributed by atoms with Crippen molar-refractivity contribution in [2.45, 2.75) is 44.7 Å². The molecule has 0 radical (unpaired) electrons. The van der Waals surface area contributed by atoms with E-state index in [2.05, 4.69) is 5.32 Å². The monoisotopic (exact) mass is 273 g/mol. The van der Waals surface area contributed by atoms with Gasteiger partial charge in [-0.1, -0.05) is 18.2 Å². The summed E-state index contributed by atoms with van der Waals surface area (Å²) in [5.74, 6) is 0. The van der Waals surface area contributed by atoms with E-state index in [1.807, 2.05) is 13.8 Å². The van der Waals surface area contributed by atoms with Crippen LogP contribution in [0, 0.1) is 0 Å². The quantitative estimate of drug-likeness (QED) is 0.845. The fourth-order valence-corrected chi connectivity index (χ4v) is 2.49. The molecular formula is C14H18F3NO. The number of alkyl halides is 3. The molecule has 19 heavy (non-hydrogen) atoms. The summed E-state index contributed by atoms with van der Waals surface area (Å²) in [4.78, 5) is 0. The molecule has 0 saturated carbocycles. The van der Waals surface area contributed by atoms with Gasteiger partial charge in [0.25, 0.3) is 0 Å². The van der Waals surface area contributed by atoms with E-state index in [0.29, 0.717) is 6.54 Å². The highest BCUT2D eigenvalue weighted by Gasteiger charge is 2.36. The number of hydrogen-bond donors (Lipinski definition) is 1. The van der Waals surface area contributed by atoms with Gasteiger partial charge in [0.15, 0.2) is 0 Å². The van der Waals surface area contributed by atoms with E-state index in [-0.39, 0.29) is 17.7 Å². The van der Waals surface area contributed by atoms with Crippen LogP contribution >= 0.6 is 0 Å². The molecule has 2 nitrogen and oxygen atoms in total. The van der Waals surface area contributed by atoms with Crippen molar-refractivity contribution in [2.75, 3.05) is 6.54 Å². The Morgan fingerprint density at radius 2 is 1.89 bits per heavy atom. The normalized spacial score (nSPS) is 29.0. The topological polar surface area (TPSA) is 21.3 Å². The molecule has 1 N–H and O–H groups in total. The van der Waals surface area contributed by atoms with Crippen molar-refractivity contribution in [1.29, 1.82) is 0 Å². The molecule has 5 heteroatoms. The highest BCUT2D eigenvalue weighted by Crippen LogP contribution is 2.36. The minimum Gasteiger partial charge on any atom is -0.369 e. The number of hydrogen-bond acceptors (Lipinski definition) is 2. The van der Waals surface area contributed by atoms with Gasteiger partial charge in [0.05, 0.1) is 17.8 Å². The zero-order valence-electron chi connectivity index (χ0n) is 11.0. The van der Waals surface area contributed by atoms with E-state index in [0.717, 1.165) is 12.5 Å². The molecule has 0 bridgehead atoms. The Morgan fingerprint density at radius 1 is 1.21 bits per heavy atom. The average Bonchev–Trinajstić information content (AvgIpc) is 2.49. The molecule has 0 amide bonds. The predicted octanol–water partition coefficient (Wildman–Crippen LogP) is 3.53. The van der Waals surface area contributed by atoms with Crippen molar-refractivity contribution in [2.24, 2.45) is 0 Å². The number of ether oxygens (including phenoxy) is 1. The van der Waals surface area contributed by atoms with Gasteiger partial charge in [-0.2, -0.15) is 13.2 Å². The van der Waals surface area contributed by atoms with Crippen molar-refractivity contribution < 1.29 is 17.9 Å². The molecule has 1 fully saturated rings. The molecule has 1 aromatic carbocycles. The van der Waals surface area contributed by atoms with Gasteiger partial charge in [-0.25, -0.2) is 0 Å². The summed E-state index contributed by atoms with van der Waals surface area (Å²) >= 11 is 0. The van der Waals surface area contributed by atoms with E-state index in [1.165, 1.54) is 12.1 Å². The molecule has 106 valence electrons. The smallest absolute Gasteiger partial charge is 0.369 e. The highest BCUT2D eigenvalue weighted by atomic mass is 19.4. The van der Waals surface area contributed by atoms with Crippen LogP contribution < -0.4 is 5.32 Å². The van der Waals surface area contributed by atoms with Crippen molar-refractivity contribution in [3.63, 3.8) is 0 Å². The second kappa shape index (κ2) is 5.51. The lowest BCUT2D eigenvalue weighted by molar-refractivity contribution is -0.139. The van der Waals surface area contributed by atoms with E-state index in [4.69, 9.17) is 4.74 Å². The maximum Gasteiger partial charge on any atom is 0.416 e. The van der Waals surface area contributed by atoms with Crippen molar-refractivity contribution in [1.82, 2.24) is 5.32 Å². The third-order valence-electron chi connectivity index (χ3n) is 3.35. The first-order valence-corrected chi connectivity index (χ1v) is 6.43. The van der Waals surface area contributed by atoms with Crippen LogP contribution in [0.5, 0.6) is 0 Å². The van der Waals surface area contributed by atoms with E-state index in [1.54, 1.807) is 6.07 Å². The summed E-state index contributed by atoms with van der Waals surface area (Å²) < 4.78 is 44.7. The third kappa shape index (κ3) is 3.48. The molecule has 3 atom stereocenters. The minimum absolute atomic E-state index is 0.0590. The fourth-order valence-electron chi connectivity index (χ4n) is 2.49. The van der Waals surface area contributed by atoms with Gasteiger partial charge in [0.2, 0.25) is 0 Å². The van der Waals surface area contributed by atoms with Gasteiger partial charge in [-0.3, -0.25) is 0 Å². The summed E-state index contributed by atoms with van der Waals surface area (Å²) in [5.41, 5.74) is -0.396. The maximum atomic E-state index is 13.0. The number of benzene rings is 1. The zero-order valence-corrected chi connectivity index (χ0v) is 11.0. The van der Waals surface area contributed by atoms with Crippen LogP contribution in [0.3, 0.4) is 0 Å². The van der Waals surface area contributed by atoms with Crippen LogP contribution in [0.4, 0.5) is 13.2 Å². The first kappa shape index (κ1) is 14.3. The van der Waals surface area contributed by atoms with Crippen molar-refractivity contribution >= 4 is 0 Å². The molecule has 1 saturated heterocycles. The van der Waals surface area contributed by atoms with Crippen LogP contribution in [0.25, 0.3) is 0 Å². The van der Waals surface area contributed by atoms with E-state index in [9.17, 15) is 13.2 Å². The third-order valence-corrected chi connectivity index (χ3v) is 3.35. The highest BCUT2D eigenvalue weighted by molar-refractivity contribution is 5.32. The average molecular weight is 273 g/mol. The second-order valence-corrected chi connectivity index (χ2v) is 5.07. The molecule has 0 aromatic heterocycles. The van der Waals surface area contributed by atoms with Crippen LogP contribution in [0.2, 0.25) is 0 Å². The Bertz CT molecular complexity index is 433. The Morgan fingerprint density at radius 3 is 2.58 bits per heavy atom.